The molecule has 0 spiro atoms. The van der Waals surface area contributed by atoms with Crippen LogP contribution in [0.4, 0.5) is 0 Å². The van der Waals surface area contributed by atoms with Crippen LogP contribution in [0.1, 0.15) is 19.8 Å². The lowest BCUT2D eigenvalue weighted by Crippen LogP contribution is -2.21. The van der Waals surface area contributed by atoms with Crippen molar-refractivity contribution in [3.63, 3.8) is 0 Å². The highest BCUT2D eigenvalue weighted by atomic mass is 16.3. The van der Waals surface area contributed by atoms with Crippen LogP contribution in [0.2, 0.25) is 0 Å². The zero-order valence-electron chi connectivity index (χ0n) is 7.34. The lowest BCUT2D eigenvalue weighted by molar-refractivity contribution is -0.114. The van der Waals surface area contributed by atoms with Gasteiger partial charge in [0.2, 0.25) is 0 Å². The predicted molar refractivity (Wildman–Crippen MR) is 46.6 cm³/mol. The molecule has 2 N–H and O–H groups in total. The Kier molecular flexibility index (Phi) is 3.29. The van der Waals surface area contributed by atoms with Gasteiger partial charge in [-0.2, -0.15) is 0 Å². The zero-order valence-corrected chi connectivity index (χ0v) is 7.34. The van der Waals surface area contributed by atoms with Crippen molar-refractivity contribution in [3.05, 3.63) is 11.8 Å². The van der Waals surface area contributed by atoms with Gasteiger partial charge in [-0.05, 0) is 12.3 Å². The normalized spacial score (nSPS) is 19.2. The van der Waals surface area contributed by atoms with Crippen LogP contribution in [0.15, 0.2) is 11.8 Å². The molecule has 0 amide bonds. The van der Waals surface area contributed by atoms with E-state index in [1.165, 1.54) is 0 Å². The number of aliphatic hydroxyl groups excluding tert-OH is 1. The van der Waals surface area contributed by atoms with Gasteiger partial charge in [0, 0.05) is 31.3 Å². The summed E-state index contributed by atoms with van der Waals surface area (Å²) in [5, 5.41) is 11.9. The molecule has 1 aliphatic rings. The Bertz CT molecular complexity index is 199. The predicted octanol–water partition coefficient (Wildman–Crippen LogP) is 0.451. The first kappa shape index (κ1) is 9.26. The Morgan fingerprint density at radius 3 is 2.92 bits per heavy atom. The van der Waals surface area contributed by atoms with Crippen LogP contribution in [0, 0.1) is 5.92 Å². The smallest absolute Gasteiger partial charge is 0.157 e. The maximum Gasteiger partial charge on any atom is 0.157 e. The van der Waals surface area contributed by atoms with Gasteiger partial charge < -0.3 is 10.4 Å². The van der Waals surface area contributed by atoms with Crippen LogP contribution >= 0.6 is 0 Å². The standard InChI is InChI=1S/C9H15NO2/c1-7(6-11)5-10-8-2-3-9(12)4-8/h4,7,10-11H,2-3,5-6H2,1H3. The average molecular weight is 169 g/mol. The molecule has 0 aliphatic heterocycles. The van der Waals surface area contributed by atoms with Crippen molar-refractivity contribution in [2.75, 3.05) is 13.2 Å². The minimum atomic E-state index is 0.189. The number of carbonyl (C=O) groups is 1. The molecule has 0 aromatic heterocycles. The van der Waals surface area contributed by atoms with Crippen molar-refractivity contribution < 1.29 is 9.90 Å². The van der Waals surface area contributed by atoms with Crippen molar-refractivity contribution >= 4 is 5.78 Å². The summed E-state index contributed by atoms with van der Waals surface area (Å²) in [6, 6.07) is 0. The van der Waals surface area contributed by atoms with Crippen molar-refractivity contribution in [1.82, 2.24) is 5.32 Å². The minimum absolute atomic E-state index is 0.189. The van der Waals surface area contributed by atoms with E-state index in [9.17, 15) is 4.79 Å². The van der Waals surface area contributed by atoms with E-state index in [2.05, 4.69) is 5.32 Å². The highest BCUT2D eigenvalue weighted by Crippen LogP contribution is 2.11. The van der Waals surface area contributed by atoms with Crippen molar-refractivity contribution in [1.29, 1.82) is 0 Å². The zero-order chi connectivity index (χ0) is 8.97. The van der Waals surface area contributed by atoms with Gasteiger partial charge in [-0.25, -0.2) is 0 Å². The summed E-state index contributed by atoms with van der Waals surface area (Å²) < 4.78 is 0. The molecule has 0 heterocycles. The molecule has 0 aromatic carbocycles. The number of rotatable bonds is 4. The van der Waals surface area contributed by atoms with Crippen LogP contribution in [0.5, 0.6) is 0 Å². The van der Waals surface area contributed by atoms with Crippen molar-refractivity contribution in [2.24, 2.45) is 5.92 Å². The second-order valence-corrected chi connectivity index (χ2v) is 3.30. The molecule has 12 heavy (non-hydrogen) atoms. The van der Waals surface area contributed by atoms with Gasteiger partial charge in [0.25, 0.3) is 0 Å². The molecule has 0 fully saturated rings. The van der Waals surface area contributed by atoms with Crippen molar-refractivity contribution in [2.45, 2.75) is 19.8 Å². The third kappa shape index (κ3) is 2.66. The quantitative estimate of drug-likeness (QED) is 0.642. The average Bonchev–Trinajstić information content (AvgIpc) is 2.47. The number of hydrogen-bond donors (Lipinski definition) is 2. The fourth-order valence-corrected chi connectivity index (χ4v) is 1.11. The molecule has 0 saturated heterocycles. The van der Waals surface area contributed by atoms with Crippen LogP contribution in [0.25, 0.3) is 0 Å². The third-order valence-electron chi connectivity index (χ3n) is 1.97. The molecule has 3 heteroatoms. The summed E-state index contributed by atoms with van der Waals surface area (Å²) in [6.07, 6.45) is 3.12. The monoisotopic (exact) mass is 169 g/mol. The van der Waals surface area contributed by atoms with E-state index in [-0.39, 0.29) is 18.3 Å². The lowest BCUT2D eigenvalue weighted by Gasteiger charge is -2.10. The molecule has 3 nitrogen and oxygen atoms in total. The summed E-state index contributed by atoms with van der Waals surface area (Å²) in [5.74, 6) is 0.454. The number of nitrogens with one attached hydrogen (secondary N) is 1. The lowest BCUT2D eigenvalue weighted by atomic mass is 10.2. The number of allylic oxidation sites excluding steroid dienone is 2. The number of ketones is 1. The molecule has 0 aromatic rings. The second kappa shape index (κ2) is 4.26. The molecule has 0 saturated carbocycles. The topological polar surface area (TPSA) is 49.3 Å². The van der Waals surface area contributed by atoms with E-state index < -0.39 is 0 Å². The summed E-state index contributed by atoms with van der Waals surface area (Å²) in [7, 11) is 0. The maximum absolute atomic E-state index is 10.8. The maximum atomic E-state index is 10.8. The van der Waals surface area contributed by atoms with Gasteiger partial charge in [-0.1, -0.05) is 6.92 Å². The fraction of sp³-hybridized carbons (Fsp3) is 0.667. The van der Waals surface area contributed by atoms with Gasteiger partial charge in [-0.3, -0.25) is 4.79 Å². The summed E-state index contributed by atoms with van der Waals surface area (Å²) in [4.78, 5) is 10.8. The minimum Gasteiger partial charge on any atom is -0.396 e. The van der Waals surface area contributed by atoms with Crippen LogP contribution < -0.4 is 5.32 Å². The number of hydrogen-bond acceptors (Lipinski definition) is 3. The molecule has 0 radical (unpaired) electrons. The Hall–Kier alpha value is -0.830. The largest absolute Gasteiger partial charge is 0.396 e. The molecule has 0 bridgehead atoms. The summed E-state index contributed by atoms with van der Waals surface area (Å²) >= 11 is 0. The van der Waals surface area contributed by atoms with E-state index in [1.54, 1.807) is 6.08 Å². The van der Waals surface area contributed by atoms with Crippen LogP contribution in [-0.4, -0.2) is 24.0 Å². The first-order valence-corrected chi connectivity index (χ1v) is 4.30. The first-order valence-electron chi connectivity index (χ1n) is 4.30. The molecule has 1 aliphatic carbocycles. The molecular weight excluding hydrogens is 154 g/mol. The fourth-order valence-electron chi connectivity index (χ4n) is 1.11. The Morgan fingerprint density at radius 2 is 2.42 bits per heavy atom. The van der Waals surface area contributed by atoms with E-state index >= 15 is 0 Å². The number of carbonyl (C=O) groups excluding carboxylic acids is 1. The van der Waals surface area contributed by atoms with Crippen molar-refractivity contribution in [3.8, 4) is 0 Å². The van der Waals surface area contributed by atoms with E-state index in [4.69, 9.17) is 5.11 Å². The first-order chi connectivity index (χ1) is 5.72. The number of aliphatic hydroxyl groups is 1. The Labute approximate surface area is 72.5 Å². The Balaban J connectivity index is 2.24. The molecule has 68 valence electrons. The SMILES string of the molecule is CC(CO)CNC1=CC(=O)CC1. The van der Waals surface area contributed by atoms with Crippen LogP contribution in [0.3, 0.4) is 0 Å². The summed E-state index contributed by atoms with van der Waals surface area (Å²) in [5.41, 5.74) is 1.01. The highest BCUT2D eigenvalue weighted by molar-refractivity contribution is 5.92. The Morgan fingerprint density at radius 1 is 1.67 bits per heavy atom. The third-order valence-corrected chi connectivity index (χ3v) is 1.97. The summed E-state index contributed by atoms with van der Waals surface area (Å²) in [6.45, 7) is 2.90. The van der Waals surface area contributed by atoms with Gasteiger partial charge in [0.1, 0.15) is 0 Å². The molecule has 1 atom stereocenters. The van der Waals surface area contributed by atoms with Gasteiger partial charge in [0.15, 0.2) is 5.78 Å². The molecule has 1 rings (SSSR count). The van der Waals surface area contributed by atoms with Gasteiger partial charge in [0.05, 0.1) is 0 Å². The van der Waals surface area contributed by atoms with E-state index in [1.807, 2.05) is 6.92 Å². The van der Waals surface area contributed by atoms with E-state index in [0.29, 0.717) is 6.42 Å². The molecular formula is C9H15NO2. The van der Waals surface area contributed by atoms with E-state index in [0.717, 1.165) is 18.7 Å². The van der Waals surface area contributed by atoms with Gasteiger partial charge >= 0.3 is 0 Å². The van der Waals surface area contributed by atoms with Gasteiger partial charge in [-0.15, -0.1) is 0 Å². The molecule has 1 unspecified atom stereocenters. The van der Waals surface area contributed by atoms with Crippen LogP contribution in [-0.2, 0) is 4.79 Å². The highest BCUT2D eigenvalue weighted by Gasteiger charge is 2.11. The second-order valence-electron chi connectivity index (χ2n) is 3.30.